The third-order valence-electron chi connectivity index (χ3n) is 0.731. The van der Waals surface area contributed by atoms with Crippen LogP contribution in [0.5, 0.6) is 0 Å². The van der Waals surface area contributed by atoms with Crippen LogP contribution in [-0.2, 0) is 4.74 Å². The number of hydrogen-bond acceptors (Lipinski definition) is 4. The van der Waals surface area contributed by atoms with Crippen LogP contribution < -0.4 is 0 Å². The van der Waals surface area contributed by atoms with Crippen molar-refractivity contribution in [3.63, 3.8) is 0 Å². The Hall–Kier alpha value is -0.200. The van der Waals surface area contributed by atoms with Gasteiger partial charge in [-0.25, -0.2) is 0 Å². The Morgan fingerprint density at radius 3 is 2.44 bits per heavy atom. The zero-order chi connectivity index (χ0) is 7.33. The molecule has 5 heteroatoms. The smallest absolute Gasteiger partial charge is 0.165 e. The van der Waals surface area contributed by atoms with Gasteiger partial charge in [0.2, 0.25) is 0 Å². The number of hydrogen-bond donors (Lipinski definition) is 2. The molecule has 2 N–H and O–H groups in total. The molecule has 0 aliphatic heterocycles. The van der Waals surface area contributed by atoms with Gasteiger partial charge in [-0.15, -0.1) is 0 Å². The van der Waals surface area contributed by atoms with E-state index in [1.165, 1.54) is 0 Å². The molecule has 0 fully saturated rings. The van der Waals surface area contributed by atoms with Gasteiger partial charge in [0.25, 0.3) is 0 Å². The zero-order valence-corrected chi connectivity index (χ0v) is 5.28. The largest absolute Gasteiger partial charge is 0.564 e. The van der Waals surface area contributed by atoms with Crippen molar-refractivity contribution in [3.8, 4) is 0 Å². The van der Waals surface area contributed by atoms with E-state index in [4.69, 9.17) is 10.4 Å². The van der Waals surface area contributed by atoms with E-state index in [1.54, 1.807) is 6.92 Å². The Labute approximate surface area is 53.2 Å². The monoisotopic (exact) mass is 137 g/mol. The molecule has 0 aliphatic rings. The van der Waals surface area contributed by atoms with Crippen LogP contribution >= 0.6 is 0 Å². The first-order chi connectivity index (χ1) is 4.06. The summed E-state index contributed by atoms with van der Waals surface area (Å²) in [7, 11) is 0. The maximum atomic E-state index is 9.95. The molecule has 0 heterocycles. The fourth-order valence-corrected chi connectivity index (χ4v) is 0.328. The fourth-order valence-electron chi connectivity index (χ4n) is 0.328. The molecule has 9 heavy (non-hydrogen) atoms. The van der Waals surface area contributed by atoms with Gasteiger partial charge in [0.05, 0.1) is 0 Å². The third kappa shape index (κ3) is 7.80. The summed E-state index contributed by atoms with van der Waals surface area (Å²) < 4.78 is 4.67. The Bertz CT molecular complexity index is 69.5. The van der Waals surface area contributed by atoms with E-state index in [0.29, 0.717) is 6.61 Å². The average molecular weight is 137 g/mol. The second-order valence-electron chi connectivity index (χ2n) is 1.59. The second kappa shape index (κ2) is 3.76. The van der Waals surface area contributed by atoms with Crippen molar-refractivity contribution >= 4 is 0 Å². The van der Waals surface area contributed by atoms with Gasteiger partial charge in [-0.2, -0.15) is 10.4 Å². The van der Waals surface area contributed by atoms with E-state index in [2.05, 4.69) is 4.74 Å². The first-order valence-electron chi connectivity index (χ1n) is 2.68. The van der Waals surface area contributed by atoms with Crippen molar-refractivity contribution in [1.82, 2.24) is 0 Å². The summed E-state index contributed by atoms with van der Waals surface area (Å²) in [6, 6.07) is 0. The highest BCUT2D eigenvalue weighted by Gasteiger charge is 2.06. The Kier molecular flexibility index (Phi) is 3.67. The van der Waals surface area contributed by atoms with E-state index < -0.39 is 4.97 Å². The minimum atomic E-state index is -2.26. The fraction of sp³-hybridized carbons (Fsp3) is 1.00. The Morgan fingerprint density at radius 2 is 2.11 bits per heavy atom. The first kappa shape index (κ1) is 8.80. The summed E-state index contributed by atoms with van der Waals surface area (Å²) >= 11 is 0. The van der Waals surface area contributed by atoms with E-state index in [-0.39, 0.29) is 13.2 Å². The topological polar surface area (TPSA) is 72.8 Å². The van der Waals surface area contributed by atoms with Gasteiger partial charge in [-0.05, 0) is 6.92 Å². The molecule has 56 valence electrons. The molecule has 0 amide bonds. The molecule has 5 nitrogen and oxygen atoms in total. The summed E-state index contributed by atoms with van der Waals surface area (Å²) in [5.74, 6) is 0. The molecular weight excluding hydrogens is 126 g/mol. The van der Waals surface area contributed by atoms with Gasteiger partial charge < -0.3 is 9.94 Å². The normalized spacial score (nSPS) is 12.0. The van der Waals surface area contributed by atoms with Crippen LogP contribution in [0.1, 0.15) is 6.92 Å². The van der Waals surface area contributed by atoms with Gasteiger partial charge in [0.15, 0.2) is 6.54 Å². The molecule has 0 unspecified atom stereocenters. The number of hydroxylamine groups is 3. The second-order valence-corrected chi connectivity index (χ2v) is 1.59. The molecule has 0 bridgehead atoms. The van der Waals surface area contributed by atoms with Gasteiger partial charge in [-0.1, -0.05) is 4.97 Å². The Morgan fingerprint density at radius 1 is 1.56 bits per heavy atom. The van der Waals surface area contributed by atoms with Crippen LogP contribution in [0, 0.1) is 5.21 Å². The molecule has 0 aromatic carbocycles. The van der Waals surface area contributed by atoms with Crippen molar-refractivity contribution < 1.29 is 20.1 Å². The predicted molar refractivity (Wildman–Crippen MR) is 28.6 cm³/mol. The van der Waals surface area contributed by atoms with Gasteiger partial charge in [-0.3, -0.25) is 0 Å². The molecule has 0 radical (unpaired) electrons. The SMILES string of the molecule is CCOCC[N+]([O-])(O)O. The molecule has 0 spiro atoms. The molecule has 0 atom stereocenters. The highest BCUT2D eigenvalue weighted by molar-refractivity contribution is 4.23. The van der Waals surface area contributed by atoms with Gasteiger partial charge >= 0.3 is 0 Å². The molecule has 0 rings (SSSR count). The lowest BCUT2D eigenvalue weighted by molar-refractivity contribution is -1.21. The number of ether oxygens (including phenoxy) is 1. The maximum Gasteiger partial charge on any atom is 0.165 e. The van der Waals surface area contributed by atoms with E-state index >= 15 is 0 Å². The van der Waals surface area contributed by atoms with E-state index in [9.17, 15) is 5.21 Å². The summed E-state index contributed by atoms with van der Waals surface area (Å²) in [4.78, 5) is -2.26. The summed E-state index contributed by atoms with van der Waals surface area (Å²) in [6.45, 7) is 1.94. The zero-order valence-electron chi connectivity index (χ0n) is 5.28. The van der Waals surface area contributed by atoms with Gasteiger partial charge in [0.1, 0.15) is 6.61 Å². The average Bonchev–Trinajstić information content (AvgIpc) is 1.63. The van der Waals surface area contributed by atoms with E-state index in [0.717, 1.165) is 0 Å². The van der Waals surface area contributed by atoms with Crippen LogP contribution in [0.2, 0.25) is 0 Å². The highest BCUT2D eigenvalue weighted by atomic mass is 17.1. The third-order valence-corrected chi connectivity index (χ3v) is 0.731. The van der Waals surface area contributed by atoms with Crippen LogP contribution in [-0.4, -0.2) is 35.1 Å². The maximum absolute atomic E-state index is 9.95. The molecule has 0 aliphatic carbocycles. The van der Waals surface area contributed by atoms with Crippen molar-refractivity contribution in [2.75, 3.05) is 19.8 Å². The van der Waals surface area contributed by atoms with Crippen molar-refractivity contribution in [1.29, 1.82) is 0 Å². The van der Waals surface area contributed by atoms with Crippen LogP contribution in [0.15, 0.2) is 0 Å². The minimum absolute atomic E-state index is 0.0625. The van der Waals surface area contributed by atoms with E-state index in [1.807, 2.05) is 0 Å². The van der Waals surface area contributed by atoms with Crippen molar-refractivity contribution in [2.45, 2.75) is 6.92 Å². The molecule has 0 saturated carbocycles. The lowest BCUT2D eigenvalue weighted by Gasteiger charge is -2.22. The van der Waals surface area contributed by atoms with Crippen molar-refractivity contribution in [3.05, 3.63) is 5.21 Å². The minimum Gasteiger partial charge on any atom is -0.564 e. The van der Waals surface area contributed by atoms with Crippen molar-refractivity contribution in [2.24, 2.45) is 0 Å². The molecule has 0 aromatic rings. The summed E-state index contributed by atoms with van der Waals surface area (Å²) in [6.07, 6.45) is 0. The molecular formula is C4H11NO4. The summed E-state index contributed by atoms with van der Waals surface area (Å²) in [5, 5.41) is 26.2. The van der Waals surface area contributed by atoms with Crippen LogP contribution in [0.25, 0.3) is 0 Å². The quantitative estimate of drug-likeness (QED) is 0.328. The van der Waals surface area contributed by atoms with Crippen LogP contribution in [0.3, 0.4) is 0 Å². The number of quaternary nitrogens is 1. The molecule has 0 saturated heterocycles. The number of rotatable bonds is 4. The molecule has 0 aromatic heterocycles. The summed E-state index contributed by atoms with van der Waals surface area (Å²) in [5.41, 5.74) is 0. The predicted octanol–water partition coefficient (Wildman–Crippen LogP) is 0.116. The first-order valence-corrected chi connectivity index (χ1v) is 2.68. The Balaban J connectivity index is 3.07. The lowest BCUT2D eigenvalue weighted by Crippen LogP contribution is -2.37. The lowest BCUT2D eigenvalue weighted by atomic mass is 10.7. The van der Waals surface area contributed by atoms with Crippen LogP contribution in [0.4, 0.5) is 0 Å². The van der Waals surface area contributed by atoms with Gasteiger partial charge in [0, 0.05) is 6.61 Å². The number of nitrogens with zero attached hydrogens (tertiary/aromatic N) is 1. The standard InChI is InChI=1S/C4H11NO4/c1-2-9-4-3-5(6,7)8/h6-7H,2-4H2,1H3. The highest BCUT2D eigenvalue weighted by Crippen LogP contribution is 1.89.